The van der Waals surface area contributed by atoms with Crippen LogP contribution in [0.25, 0.3) is 0 Å². The van der Waals surface area contributed by atoms with Gasteiger partial charge in [-0.25, -0.2) is 14.6 Å². The fraction of sp³-hybridized carbons (Fsp3) is 0.0952. The average Bonchev–Trinajstić information content (AvgIpc) is 3.22. The van der Waals surface area contributed by atoms with Crippen molar-refractivity contribution < 1.29 is 33.0 Å². The van der Waals surface area contributed by atoms with Gasteiger partial charge >= 0.3 is 5.97 Å². The molecule has 0 spiro atoms. The van der Waals surface area contributed by atoms with E-state index in [4.69, 9.17) is 19.0 Å². The molecule has 1 amide bonds. The summed E-state index contributed by atoms with van der Waals surface area (Å²) in [5.74, 6) is -1.51. The molecule has 0 aliphatic heterocycles. The van der Waals surface area contributed by atoms with Crippen LogP contribution in [0.3, 0.4) is 0 Å². The van der Waals surface area contributed by atoms with Gasteiger partial charge in [0.05, 0.1) is 18.9 Å². The monoisotopic (exact) mass is 412 g/mol. The quantitative estimate of drug-likeness (QED) is 0.433. The van der Waals surface area contributed by atoms with Crippen LogP contribution in [0.4, 0.5) is 4.39 Å². The summed E-state index contributed by atoms with van der Waals surface area (Å²) in [4.78, 5) is 22.8. The Morgan fingerprint density at radius 3 is 2.67 bits per heavy atom. The number of nitrogens with one attached hydrogen (secondary N) is 1. The number of hydrazone groups is 1. The highest BCUT2D eigenvalue weighted by atomic mass is 19.1. The number of amides is 1. The summed E-state index contributed by atoms with van der Waals surface area (Å²) < 4.78 is 29.6. The largest absolute Gasteiger partial charge is 0.493 e. The van der Waals surface area contributed by atoms with Crippen molar-refractivity contribution in [1.29, 1.82) is 0 Å². The van der Waals surface area contributed by atoms with Gasteiger partial charge in [0.25, 0.3) is 5.91 Å². The number of carbonyl (C=O) groups is 2. The second-order valence-electron chi connectivity index (χ2n) is 5.95. The van der Waals surface area contributed by atoms with Crippen molar-refractivity contribution >= 4 is 18.1 Å². The standard InChI is InChI=1S/C21H17FN2O6/c1-28-19-10-13(11-23-24-20(25)15-4-2-3-5-16(15)22)6-8-17(19)29-12-14-7-9-18(30-14)21(26)27/h2-11H,12H2,1H3,(H,24,25)(H,26,27). The fourth-order valence-corrected chi connectivity index (χ4v) is 2.47. The number of carboxylic acids is 1. The summed E-state index contributed by atoms with van der Waals surface area (Å²) in [6.45, 7) is 0.00970. The lowest BCUT2D eigenvalue weighted by Gasteiger charge is -2.10. The molecule has 9 heteroatoms. The first-order chi connectivity index (χ1) is 14.5. The third-order valence-corrected chi connectivity index (χ3v) is 3.93. The van der Waals surface area contributed by atoms with E-state index in [2.05, 4.69) is 10.5 Å². The number of carbonyl (C=O) groups excluding carboxylic acids is 1. The number of ether oxygens (including phenoxy) is 2. The molecule has 0 aliphatic carbocycles. The molecule has 0 saturated heterocycles. The van der Waals surface area contributed by atoms with Crippen molar-refractivity contribution in [2.75, 3.05) is 7.11 Å². The molecule has 0 radical (unpaired) electrons. The third-order valence-electron chi connectivity index (χ3n) is 3.93. The van der Waals surface area contributed by atoms with E-state index in [-0.39, 0.29) is 17.9 Å². The minimum absolute atomic E-state index is 0.00970. The summed E-state index contributed by atoms with van der Waals surface area (Å²) in [7, 11) is 1.46. The number of benzene rings is 2. The molecule has 0 fully saturated rings. The normalized spacial score (nSPS) is 10.7. The number of aromatic carboxylic acids is 1. The van der Waals surface area contributed by atoms with E-state index in [1.54, 1.807) is 24.3 Å². The number of carboxylic acid groups (broad SMARTS) is 1. The van der Waals surface area contributed by atoms with E-state index in [0.29, 0.717) is 22.8 Å². The molecule has 1 heterocycles. The molecule has 2 N–H and O–H groups in total. The zero-order valence-corrected chi connectivity index (χ0v) is 15.8. The lowest BCUT2D eigenvalue weighted by molar-refractivity contribution is 0.0657. The molecule has 1 aromatic heterocycles. The lowest BCUT2D eigenvalue weighted by atomic mass is 10.2. The summed E-state index contributed by atoms with van der Waals surface area (Å²) in [5.41, 5.74) is 2.74. The maximum atomic E-state index is 13.6. The van der Waals surface area contributed by atoms with Gasteiger partial charge in [0.2, 0.25) is 5.76 Å². The number of nitrogens with zero attached hydrogens (tertiary/aromatic N) is 1. The van der Waals surface area contributed by atoms with Gasteiger partial charge in [-0.2, -0.15) is 5.10 Å². The molecule has 0 unspecified atom stereocenters. The summed E-state index contributed by atoms with van der Waals surface area (Å²) >= 11 is 0. The van der Waals surface area contributed by atoms with E-state index in [0.717, 1.165) is 0 Å². The Morgan fingerprint density at radius 2 is 1.97 bits per heavy atom. The van der Waals surface area contributed by atoms with Crippen molar-refractivity contribution in [2.24, 2.45) is 5.10 Å². The molecule has 0 saturated carbocycles. The van der Waals surface area contributed by atoms with Crippen molar-refractivity contribution in [2.45, 2.75) is 6.61 Å². The molecule has 3 rings (SSSR count). The van der Waals surface area contributed by atoms with Gasteiger partial charge in [0.1, 0.15) is 18.2 Å². The second kappa shape index (κ2) is 9.37. The summed E-state index contributed by atoms with van der Waals surface area (Å²) in [6, 6.07) is 13.4. The van der Waals surface area contributed by atoms with Gasteiger partial charge in [-0.1, -0.05) is 12.1 Å². The maximum absolute atomic E-state index is 13.6. The number of hydrogen-bond acceptors (Lipinski definition) is 6. The van der Waals surface area contributed by atoms with Crippen molar-refractivity contribution in [3.8, 4) is 11.5 Å². The number of rotatable bonds is 8. The first kappa shape index (κ1) is 20.6. The number of methoxy groups -OCH3 is 1. The van der Waals surface area contributed by atoms with Gasteiger partial charge < -0.3 is 19.0 Å². The van der Waals surface area contributed by atoms with Crippen molar-refractivity contribution in [1.82, 2.24) is 5.43 Å². The van der Waals surface area contributed by atoms with Gasteiger partial charge in [-0.05, 0) is 48.0 Å². The highest BCUT2D eigenvalue weighted by Crippen LogP contribution is 2.28. The summed E-state index contributed by atoms with van der Waals surface area (Å²) in [5, 5.41) is 12.7. The lowest BCUT2D eigenvalue weighted by Crippen LogP contribution is -2.18. The second-order valence-corrected chi connectivity index (χ2v) is 5.95. The molecular formula is C21H17FN2O6. The van der Waals surface area contributed by atoms with Crippen LogP contribution in [-0.2, 0) is 6.61 Å². The first-order valence-electron chi connectivity index (χ1n) is 8.68. The molecule has 2 aromatic carbocycles. The Morgan fingerprint density at radius 1 is 1.17 bits per heavy atom. The third kappa shape index (κ3) is 5.02. The SMILES string of the molecule is COc1cc(C=NNC(=O)c2ccccc2F)ccc1OCc1ccc(C(=O)O)o1. The van der Waals surface area contributed by atoms with Crippen LogP contribution in [0.2, 0.25) is 0 Å². The smallest absolute Gasteiger partial charge is 0.371 e. The van der Waals surface area contributed by atoms with Gasteiger partial charge in [-0.15, -0.1) is 0 Å². The van der Waals surface area contributed by atoms with Crippen LogP contribution in [0.15, 0.2) is 64.1 Å². The Bertz CT molecular complexity index is 1090. The average molecular weight is 412 g/mol. The number of furan rings is 1. The van der Waals surface area contributed by atoms with E-state index < -0.39 is 17.7 Å². The number of hydrogen-bond donors (Lipinski definition) is 2. The van der Waals surface area contributed by atoms with Crippen LogP contribution in [0.1, 0.15) is 32.2 Å². The highest BCUT2D eigenvalue weighted by molar-refractivity contribution is 5.95. The molecule has 3 aromatic rings. The van der Waals surface area contributed by atoms with Crippen molar-refractivity contribution in [3.63, 3.8) is 0 Å². The first-order valence-corrected chi connectivity index (χ1v) is 8.68. The topological polar surface area (TPSA) is 110 Å². The Hall–Kier alpha value is -4.14. The van der Waals surface area contributed by atoms with E-state index in [1.165, 1.54) is 43.7 Å². The zero-order valence-electron chi connectivity index (χ0n) is 15.8. The van der Waals surface area contributed by atoms with E-state index in [1.807, 2.05) is 0 Å². The molecular weight excluding hydrogens is 395 g/mol. The predicted octanol–water partition coefficient (Wildman–Crippen LogP) is 3.47. The zero-order chi connectivity index (χ0) is 21.5. The van der Waals surface area contributed by atoms with Crippen molar-refractivity contribution in [3.05, 3.63) is 83.1 Å². The van der Waals surface area contributed by atoms with Gasteiger partial charge in [-0.3, -0.25) is 4.79 Å². The number of halogens is 1. The van der Waals surface area contributed by atoms with Crippen LogP contribution in [-0.4, -0.2) is 30.3 Å². The molecule has 0 atom stereocenters. The minimum Gasteiger partial charge on any atom is -0.493 e. The Balaban J connectivity index is 1.63. The van der Waals surface area contributed by atoms with Crippen LogP contribution in [0, 0.1) is 5.82 Å². The summed E-state index contributed by atoms with van der Waals surface area (Å²) in [6.07, 6.45) is 1.37. The van der Waals surface area contributed by atoms with E-state index in [9.17, 15) is 14.0 Å². The van der Waals surface area contributed by atoms with Gasteiger partial charge in [0, 0.05) is 0 Å². The highest BCUT2D eigenvalue weighted by Gasteiger charge is 2.12. The minimum atomic E-state index is -1.16. The maximum Gasteiger partial charge on any atom is 0.371 e. The Labute approximate surface area is 170 Å². The molecule has 0 bridgehead atoms. The molecule has 0 aliphatic rings. The van der Waals surface area contributed by atoms with Crippen LogP contribution >= 0.6 is 0 Å². The van der Waals surface area contributed by atoms with Crippen LogP contribution < -0.4 is 14.9 Å². The molecule has 30 heavy (non-hydrogen) atoms. The molecule has 8 nitrogen and oxygen atoms in total. The van der Waals surface area contributed by atoms with E-state index >= 15 is 0 Å². The Kier molecular flexibility index (Phi) is 6.43. The fourth-order valence-electron chi connectivity index (χ4n) is 2.47. The molecule has 154 valence electrons. The van der Waals surface area contributed by atoms with Crippen LogP contribution in [0.5, 0.6) is 11.5 Å². The van der Waals surface area contributed by atoms with Gasteiger partial charge in [0.15, 0.2) is 11.5 Å². The predicted molar refractivity (Wildman–Crippen MR) is 104 cm³/mol.